The molecule has 4 heterocycles. The third kappa shape index (κ3) is 2.92. The van der Waals surface area contributed by atoms with Gasteiger partial charge in [0.05, 0.1) is 29.0 Å². The number of pyridine rings is 1. The van der Waals surface area contributed by atoms with E-state index in [0.717, 1.165) is 42.3 Å². The minimum atomic E-state index is -0.0663. The quantitative estimate of drug-likeness (QED) is 0.918. The fraction of sp³-hybridized carbons (Fsp3) is 0.500. The van der Waals surface area contributed by atoms with Crippen LogP contribution in [0.2, 0.25) is 0 Å². The number of anilines is 1. The molecule has 5 heteroatoms. The lowest BCUT2D eigenvalue weighted by molar-refractivity contribution is 0.261. The van der Waals surface area contributed by atoms with E-state index in [2.05, 4.69) is 52.4 Å². The van der Waals surface area contributed by atoms with Crippen molar-refractivity contribution in [2.24, 2.45) is 0 Å². The number of piperidine rings is 1. The van der Waals surface area contributed by atoms with E-state index in [1.54, 1.807) is 0 Å². The summed E-state index contributed by atoms with van der Waals surface area (Å²) in [6.45, 7) is 11.1. The Hall–Kier alpha value is -2.30. The molecule has 2 aromatic heterocycles. The van der Waals surface area contributed by atoms with Gasteiger partial charge < -0.3 is 10.2 Å². The topological polar surface area (TPSA) is 46.0 Å². The average Bonchev–Trinajstić information content (AvgIpc) is 3.07. The first-order valence-corrected chi connectivity index (χ1v) is 9.26. The summed E-state index contributed by atoms with van der Waals surface area (Å²) in [4.78, 5) is 6.97. The molecule has 1 saturated heterocycles. The number of nitrogens with zero attached hydrogens (tertiary/aromatic N) is 4. The van der Waals surface area contributed by atoms with Crippen LogP contribution in [-0.4, -0.2) is 32.8 Å². The number of hydrogen-bond donors (Lipinski definition) is 1. The maximum atomic E-state index is 4.70. The molecule has 5 nitrogen and oxygen atoms in total. The molecule has 0 aliphatic carbocycles. The van der Waals surface area contributed by atoms with Crippen LogP contribution in [0.15, 0.2) is 37.2 Å². The Kier molecular flexibility index (Phi) is 4.02. The van der Waals surface area contributed by atoms with Gasteiger partial charge in [0.2, 0.25) is 0 Å². The van der Waals surface area contributed by atoms with Crippen molar-refractivity contribution in [1.82, 2.24) is 19.7 Å². The van der Waals surface area contributed by atoms with Gasteiger partial charge in [-0.3, -0.25) is 4.98 Å². The number of fused-ring (bicyclic) bond motifs is 1. The van der Waals surface area contributed by atoms with Gasteiger partial charge in [-0.05, 0) is 51.7 Å². The second-order valence-corrected chi connectivity index (χ2v) is 7.78. The fourth-order valence-electron chi connectivity index (χ4n) is 4.05. The third-order valence-corrected chi connectivity index (χ3v) is 5.45. The van der Waals surface area contributed by atoms with Crippen LogP contribution in [0.5, 0.6) is 0 Å². The van der Waals surface area contributed by atoms with Crippen LogP contribution in [0.25, 0.3) is 5.70 Å². The summed E-state index contributed by atoms with van der Waals surface area (Å²) >= 11 is 0. The molecular formula is C20H27N5. The molecule has 25 heavy (non-hydrogen) atoms. The Morgan fingerprint density at radius 1 is 1.24 bits per heavy atom. The van der Waals surface area contributed by atoms with E-state index in [-0.39, 0.29) is 11.6 Å². The molecule has 1 fully saturated rings. The summed E-state index contributed by atoms with van der Waals surface area (Å²) in [6, 6.07) is 6.30. The van der Waals surface area contributed by atoms with Crippen molar-refractivity contribution in [2.45, 2.75) is 51.1 Å². The monoisotopic (exact) mass is 337 g/mol. The molecule has 0 radical (unpaired) electrons. The zero-order valence-corrected chi connectivity index (χ0v) is 15.2. The highest BCUT2D eigenvalue weighted by Crippen LogP contribution is 2.41. The largest absolute Gasteiger partial charge is 0.371 e. The zero-order valence-electron chi connectivity index (χ0n) is 15.2. The van der Waals surface area contributed by atoms with Gasteiger partial charge in [-0.15, -0.1) is 0 Å². The van der Waals surface area contributed by atoms with E-state index >= 15 is 0 Å². The summed E-state index contributed by atoms with van der Waals surface area (Å²) in [5, 5.41) is 8.39. The Balaban J connectivity index is 1.68. The predicted octanol–water partition coefficient (Wildman–Crippen LogP) is 4.03. The lowest BCUT2D eigenvalue weighted by Crippen LogP contribution is -2.38. The molecule has 2 aliphatic heterocycles. The number of rotatable bonds is 3. The number of aromatic nitrogens is 3. The molecule has 0 bridgehead atoms. The van der Waals surface area contributed by atoms with Gasteiger partial charge in [-0.2, -0.15) is 5.10 Å². The molecule has 4 rings (SSSR count). The Morgan fingerprint density at radius 3 is 2.76 bits per heavy atom. The van der Waals surface area contributed by atoms with E-state index in [9.17, 15) is 0 Å². The van der Waals surface area contributed by atoms with Crippen LogP contribution < -0.4 is 5.32 Å². The number of hydrogen-bond acceptors (Lipinski definition) is 4. The minimum Gasteiger partial charge on any atom is -0.371 e. The van der Waals surface area contributed by atoms with Crippen molar-refractivity contribution >= 4 is 11.5 Å². The summed E-state index contributed by atoms with van der Waals surface area (Å²) in [5.74, 6) is 1.07. The molecule has 1 unspecified atom stereocenters. The molecular weight excluding hydrogens is 310 g/mol. The van der Waals surface area contributed by atoms with Crippen LogP contribution in [0.3, 0.4) is 0 Å². The first-order chi connectivity index (χ1) is 12.1. The van der Waals surface area contributed by atoms with Gasteiger partial charge >= 0.3 is 0 Å². The second-order valence-electron chi connectivity index (χ2n) is 7.78. The fourth-order valence-corrected chi connectivity index (χ4v) is 4.05. The van der Waals surface area contributed by atoms with Crippen LogP contribution >= 0.6 is 0 Å². The summed E-state index contributed by atoms with van der Waals surface area (Å²) in [6.07, 6.45) is 8.61. The summed E-state index contributed by atoms with van der Waals surface area (Å²) in [7, 11) is 0. The molecule has 0 spiro atoms. The normalized spacial score (nSPS) is 22.2. The van der Waals surface area contributed by atoms with E-state index in [1.165, 1.54) is 19.3 Å². The Morgan fingerprint density at radius 2 is 2.04 bits per heavy atom. The molecule has 1 N–H and O–H groups in total. The third-order valence-electron chi connectivity index (χ3n) is 5.45. The van der Waals surface area contributed by atoms with E-state index in [4.69, 9.17) is 5.10 Å². The molecule has 2 aromatic rings. The predicted molar refractivity (Wildman–Crippen MR) is 101 cm³/mol. The van der Waals surface area contributed by atoms with Crippen molar-refractivity contribution in [2.75, 3.05) is 18.4 Å². The van der Waals surface area contributed by atoms with Gasteiger partial charge in [0.25, 0.3) is 0 Å². The first kappa shape index (κ1) is 16.2. The van der Waals surface area contributed by atoms with Crippen LogP contribution in [0.1, 0.15) is 56.8 Å². The Labute approximate surface area is 149 Å². The SMILES string of the molecule is C=C(c1cnn2c1NC(c1ccccn1)CC2(C)C)N1CCCCC1. The Bertz CT molecular complexity index is 756. The van der Waals surface area contributed by atoms with Crippen LogP contribution in [0, 0.1) is 0 Å². The van der Waals surface area contributed by atoms with Crippen LogP contribution in [-0.2, 0) is 5.54 Å². The maximum absolute atomic E-state index is 4.70. The van der Waals surface area contributed by atoms with Gasteiger partial charge in [0, 0.05) is 25.0 Å². The van der Waals surface area contributed by atoms with Gasteiger partial charge in [-0.25, -0.2) is 4.68 Å². The second kappa shape index (κ2) is 6.21. The molecule has 2 aliphatic rings. The molecule has 0 saturated carbocycles. The van der Waals surface area contributed by atoms with Crippen molar-refractivity contribution < 1.29 is 0 Å². The first-order valence-electron chi connectivity index (χ1n) is 9.26. The van der Waals surface area contributed by atoms with Crippen LogP contribution in [0.4, 0.5) is 5.82 Å². The highest BCUT2D eigenvalue weighted by molar-refractivity contribution is 5.72. The lowest BCUT2D eigenvalue weighted by atomic mass is 9.91. The summed E-state index contributed by atoms with van der Waals surface area (Å²) < 4.78 is 2.12. The van der Waals surface area contributed by atoms with Crippen molar-refractivity contribution in [3.63, 3.8) is 0 Å². The van der Waals surface area contributed by atoms with Crippen molar-refractivity contribution in [3.8, 4) is 0 Å². The molecule has 1 atom stereocenters. The van der Waals surface area contributed by atoms with Gasteiger partial charge in [0.15, 0.2) is 0 Å². The van der Waals surface area contributed by atoms with Gasteiger partial charge in [0.1, 0.15) is 5.82 Å². The number of likely N-dealkylation sites (tertiary alicyclic amines) is 1. The van der Waals surface area contributed by atoms with Gasteiger partial charge in [-0.1, -0.05) is 12.6 Å². The average molecular weight is 337 g/mol. The minimum absolute atomic E-state index is 0.0663. The summed E-state index contributed by atoms with van der Waals surface area (Å²) in [5.41, 5.74) is 3.22. The number of nitrogens with one attached hydrogen (secondary N) is 1. The highest BCUT2D eigenvalue weighted by Gasteiger charge is 2.36. The zero-order chi connectivity index (χ0) is 17.4. The molecule has 132 valence electrons. The van der Waals surface area contributed by atoms with E-state index in [1.807, 2.05) is 18.5 Å². The van der Waals surface area contributed by atoms with E-state index in [0.29, 0.717) is 0 Å². The smallest absolute Gasteiger partial charge is 0.134 e. The molecule has 0 aromatic carbocycles. The van der Waals surface area contributed by atoms with Crippen molar-refractivity contribution in [1.29, 1.82) is 0 Å². The van der Waals surface area contributed by atoms with Crippen molar-refractivity contribution in [3.05, 3.63) is 48.4 Å². The molecule has 0 amide bonds. The standard InChI is InChI=1S/C20H27N5/c1-15(24-11-7-4-8-12-24)16-14-22-25-19(16)23-18(13-20(25,2)3)17-9-5-6-10-21-17/h5-6,9-10,14,18,23H,1,4,7-8,11-13H2,2-3H3. The maximum Gasteiger partial charge on any atom is 0.134 e. The van der Waals surface area contributed by atoms with E-state index < -0.39 is 0 Å². The highest BCUT2D eigenvalue weighted by atomic mass is 15.4. The lowest BCUT2D eigenvalue weighted by Gasteiger charge is -2.38.